The number of hydrogen-bond acceptors (Lipinski definition) is 2. The Bertz CT molecular complexity index is 1090. The van der Waals surface area contributed by atoms with Crippen LogP contribution in [0.3, 0.4) is 0 Å². The van der Waals surface area contributed by atoms with Crippen molar-refractivity contribution in [2.45, 2.75) is 19.5 Å². The molecule has 8 heteroatoms. The molecule has 0 atom stereocenters. The van der Waals surface area contributed by atoms with Gasteiger partial charge < -0.3 is 9.30 Å². The predicted octanol–water partition coefficient (Wildman–Crippen LogP) is 6.19. The summed E-state index contributed by atoms with van der Waals surface area (Å²) in [6.07, 6.45) is -4.18. The second kappa shape index (κ2) is 7.33. The number of aryl methyl sites for hydroxylation is 2. The van der Waals surface area contributed by atoms with Crippen molar-refractivity contribution in [1.29, 1.82) is 0 Å². The monoisotopic (exact) mass is 429 g/mol. The first-order chi connectivity index (χ1) is 13.0. The topological polar surface area (TPSA) is 31.2 Å². The minimum atomic E-state index is -4.43. The first-order valence-electron chi connectivity index (χ1n) is 8.26. The van der Waals surface area contributed by atoms with Crippen LogP contribution in [0, 0.1) is 6.92 Å². The van der Waals surface area contributed by atoms with Gasteiger partial charge in [0.05, 0.1) is 23.3 Å². The molecule has 0 saturated heterocycles. The lowest BCUT2D eigenvalue weighted by Gasteiger charge is -2.12. The molecule has 2 aromatic carbocycles. The van der Waals surface area contributed by atoms with Crippen LogP contribution in [0.5, 0.6) is 0 Å². The average molecular weight is 430 g/mol. The largest absolute Gasteiger partial charge is 0.465 e. The average Bonchev–Trinajstić information content (AvgIpc) is 2.91. The number of hydrogen-bond donors (Lipinski definition) is 0. The van der Waals surface area contributed by atoms with Gasteiger partial charge in [-0.25, -0.2) is 4.79 Å². The molecule has 148 valence electrons. The van der Waals surface area contributed by atoms with E-state index >= 15 is 0 Å². The van der Waals surface area contributed by atoms with Crippen LogP contribution in [0.15, 0.2) is 30.3 Å². The van der Waals surface area contributed by atoms with E-state index in [1.807, 2.05) is 0 Å². The van der Waals surface area contributed by atoms with Crippen molar-refractivity contribution in [3.63, 3.8) is 0 Å². The summed E-state index contributed by atoms with van der Waals surface area (Å²) in [5, 5.41) is 1.20. The minimum Gasteiger partial charge on any atom is -0.465 e. The Morgan fingerprint density at radius 1 is 1.18 bits per heavy atom. The summed E-state index contributed by atoms with van der Waals surface area (Å²) in [5.41, 5.74) is 1.32. The third kappa shape index (κ3) is 3.59. The Kier molecular flexibility index (Phi) is 5.38. The lowest BCUT2D eigenvalue weighted by Crippen LogP contribution is -2.08. The Balaban J connectivity index is 2.11. The minimum absolute atomic E-state index is 0.154. The smallest absolute Gasteiger partial charge is 0.416 e. The molecule has 0 aliphatic carbocycles. The number of nitrogens with zero attached hydrogens (tertiary/aromatic N) is 1. The van der Waals surface area contributed by atoms with Crippen molar-refractivity contribution in [2.75, 3.05) is 7.11 Å². The van der Waals surface area contributed by atoms with Crippen molar-refractivity contribution in [3.05, 3.63) is 68.3 Å². The number of halogens is 5. The molecule has 3 aromatic rings. The molecule has 1 heterocycles. The maximum atomic E-state index is 13.2. The van der Waals surface area contributed by atoms with Gasteiger partial charge in [0.2, 0.25) is 0 Å². The number of rotatable bonds is 3. The summed E-state index contributed by atoms with van der Waals surface area (Å²) in [7, 11) is 2.93. The fourth-order valence-electron chi connectivity index (χ4n) is 3.24. The zero-order valence-electron chi connectivity index (χ0n) is 15.2. The van der Waals surface area contributed by atoms with Crippen LogP contribution in [-0.2, 0) is 24.4 Å². The van der Waals surface area contributed by atoms with E-state index in [1.54, 1.807) is 23.7 Å². The lowest BCUT2D eigenvalue weighted by atomic mass is 10.0. The van der Waals surface area contributed by atoms with Gasteiger partial charge in [-0.15, -0.1) is 0 Å². The molecule has 0 fully saturated rings. The number of methoxy groups -OCH3 is 1. The zero-order valence-corrected chi connectivity index (χ0v) is 16.8. The van der Waals surface area contributed by atoms with Crippen molar-refractivity contribution < 1.29 is 22.7 Å². The molecule has 28 heavy (non-hydrogen) atoms. The van der Waals surface area contributed by atoms with Gasteiger partial charge in [0.1, 0.15) is 0 Å². The normalized spacial score (nSPS) is 11.9. The molecule has 3 rings (SSSR count). The van der Waals surface area contributed by atoms with Crippen molar-refractivity contribution in [1.82, 2.24) is 4.57 Å². The number of esters is 1. The van der Waals surface area contributed by atoms with Crippen molar-refractivity contribution in [3.8, 4) is 0 Å². The second-order valence-electron chi connectivity index (χ2n) is 6.47. The van der Waals surface area contributed by atoms with E-state index in [0.717, 1.165) is 6.07 Å². The molecule has 0 N–H and O–H groups in total. The number of alkyl halides is 3. The summed E-state index contributed by atoms with van der Waals surface area (Å²) < 4.78 is 46.1. The fraction of sp³-hybridized carbons (Fsp3) is 0.250. The molecular formula is C20H16Cl2F3NO2. The Hall–Kier alpha value is -2.18. The number of carbonyl (C=O) groups excluding carboxylic acids is 1. The van der Waals surface area contributed by atoms with E-state index in [1.165, 1.54) is 26.2 Å². The number of benzene rings is 2. The molecule has 0 amide bonds. The number of aromatic nitrogens is 1. The van der Waals surface area contributed by atoms with E-state index in [4.69, 9.17) is 27.9 Å². The highest BCUT2D eigenvalue weighted by molar-refractivity contribution is 6.38. The van der Waals surface area contributed by atoms with E-state index < -0.39 is 17.7 Å². The first-order valence-corrected chi connectivity index (χ1v) is 9.01. The first kappa shape index (κ1) is 20.6. The number of ether oxygens (including phenoxy) is 1. The molecule has 0 aliphatic heterocycles. The van der Waals surface area contributed by atoms with Crippen LogP contribution in [0.25, 0.3) is 10.9 Å². The van der Waals surface area contributed by atoms with E-state index in [0.29, 0.717) is 27.2 Å². The highest BCUT2D eigenvalue weighted by atomic mass is 35.5. The third-order valence-corrected chi connectivity index (χ3v) is 5.53. The van der Waals surface area contributed by atoms with Gasteiger partial charge in [-0.2, -0.15) is 13.2 Å². The van der Waals surface area contributed by atoms with Crippen LogP contribution >= 0.6 is 23.2 Å². The van der Waals surface area contributed by atoms with Gasteiger partial charge in [-0.05, 0) is 48.4 Å². The van der Waals surface area contributed by atoms with E-state index in [2.05, 4.69) is 0 Å². The summed E-state index contributed by atoms with van der Waals surface area (Å²) in [4.78, 5) is 11.9. The summed E-state index contributed by atoms with van der Waals surface area (Å²) in [6, 6.07) is 7.46. The Labute approximate surface area is 169 Å². The highest BCUT2D eigenvalue weighted by Crippen LogP contribution is 2.36. The molecule has 0 aliphatic rings. The molecule has 0 bridgehead atoms. The van der Waals surface area contributed by atoms with Gasteiger partial charge in [-0.1, -0.05) is 23.2 Å². The van der Waals surface area contributed by atoms with Crippen LogP contribution in [0.2, 0.25) is 10.0 Å². The molecular weight excluding hydrogens is 414 g/mol. The zero-order chi connectivity index (χ0) is 20.8. The Morgan fingerprint density at radius 2 is 1.86 bits per heavy atom. The standard InChI is InChI=1S/C20H16Cl2F3NO2/c1-10-6-11-7-12(26(2)17(11)9-15(10)20(23,24)25)8-14-16(21)5-4-13(18(14)22)19(27)28-3/h4-7,9H,8H2,1-3H3. The van der Waals surface area contributed by atoms with Crippen LogP contribution < -0.4 is 0 Å². The highest BCUT2D eigenvalue weighted by Gasteiger charge is 2.33. The molecule has 0 saturated carbocycles. The number of fused-ring (bicyclic) bond motifs is 1. The molecule has 1 aromatic heterocycles. The summed E-state index contributed by atoms with van der Waals surface area (Å²) in [6.45, 7) is 1.43. The summed E-state index contributed by atoms with van der Waals surface area (Å²) >= 11 is 12.6. The number of carbonyl (C=O) groups is 1. The van der Waals surface area contributed by atoms with Gasteiger partial charge in [0.25, 0.3) is 0 Å². The quantitative estimate of drug-likeness (QED) is 0.464. The van der Waals surface area contributed by atoms with Crippen LogP contribution in [0.1, 0.15) is 32.7 Å². The molecule has 0 spiro atoms. The van der Waals surface area contributed by atoms with E-state index in [-0.39, 0.29) is 22.6 Å². The third-order valence-electron chi connectivity index (χ3n) is 4.74. The lowest BCUT2D eigenvalue weighted by molar-refractivity contribution is -0.137. The molecule has 0 unspecified atom stereocenters. The van der Waals surface area contributed by atoms with E-state index in [9.17, 15) is 18.0 Å². The summed E-state index contributed by atoms with van der Waals surface area (Å²) in [5.74, 6) is -0.592. The van der Waals surface area contributed by atoms with Gasteiger partial charge in [0.15, 0.2) is 0 Å². The van der Waals surface area contributed by atoms with Crippen LogP contribution in [-0.4, -0.2) is 17.6 Å². The predicted molar refractivity (Wildman–Crippen MR) is 103 cm³/mol. The van der Waals surface area contributed by atoms with Crippen molar-refractivity contribution >= 4 is 40.1 Å². The molecule has 0 radical (unpaired) electrons. The van der Waals surface area contributed by atoms with Crippen LogP contribution in [0.4, 0.5) is 13.2 Å². The molecule has 3 nitrogen and oxygen atoms in total. The maximum Gasteiger partial charge on any atom is 0.416 e. The maximum absolute atomic E-state index is 13.2. The Morgan fingerprint density at radius 3 is 2.46 bits per heavy atom. The van der Waals surface area contributed by atoms with Crippen molar-refractivity contribution in [2.24, 2.45) is 7.05 Å². The fourth-order valence-corrected chi connectivity index (χ4v) is 3.82. The SMILES string of the molecule is COC(=O)c1ccc(Cl)c(Cc2cc3cc(C)c(C(F)(F)F)cc3n2C)c1Cl. The van der Waals surface area contributed by atoms with Gasteiger partial charge >= 0.3 is 12.1 Å². The van der Waals surface area contributed by atoms with Gasteiger partial charge in [0, 0.05) is 35.1 Å². The van der Waals surface area contributed by atoms with Gasteiger partial charge in [-0.3, -0.25) is 0 Å². The second-order valence-corrected chi connectivity index (χ2v) is 7.26.